The summed E-state index contributed by atoms with van der Waals surface area (Å²) in [4.78, 5) is 9.00. The second-order valence-electron chi connectivity index (χ2n) is 9.51. The fraction of sp³-hybridized carbons (Fsp3) is 0.0606. The van der Waals surface area contributed by atoms with E-state index in [1.54, 1.807) is 6.20 Å². The second-order valence-corrected chi connectivity index (χ2v) is 9.51. The maximum absolute atomic E-state index is 6.29. The lowest BCUT2D eigenvalue weighted by molar-refractivity contribution is 0.481. The van der Waals surface area contributed by atoms with E-state index in [9.17, 15) is 0 Å². The maximum atomic E-state index is 6.29. The summed E-state index contributed by atoms with van der Waals surface area (Å²) >= 11 is 0. The molecule has 0 saturated heterocycles. The molecule has 0 amide bonds. The third-order valence-corrected chi connectivity index (χ3v) is 7.02. The van der Waals surface area contributed by atoms with Crippen molar-refractivity contribution in [3.05, 3.63) is 128 Å². The lowest BCUT2D eigenvalue weighted by Gasteiger charge is -2.20. The van der Waals surface area contributed by atoms with E-state index in [1.165, 1.54) is 21.8 Å². The van der Waals surface area contributed by atoms with Crippen LogP contribution in [0.5, 0.6) is 11.5 Å². The van der Waals surface area contributed by atoms with Gasteiger partial charge in [-0.3, -0.25) is 9.55 Å². The molecular formula is C33H26N4O. The zero-order chi connectivity index (χ0) is 25.5. The minimum atomic E-state index is 0.745. The lowest BCUT2D eigenvalue weighted by Crippen LogP contribution is -2.24. The normalized spacial score (nSPS) is 13.3. The highest BCUT2D eigenvalue weighted by Gasteiger charge is 2.23. The van der Waals surface area contributed by atoms with E-state index in [1.807, 2.05) is 54.6 Å². The van der Waals surface area contributed by atoms with Crippen molar-refractivity contribution >= 4 is 33.3 Å². The average Bonchev–Trinajstić information content (AvgIpc) is 3.51. The number of anilines is 1. The van der Waals surface area contributed by atoms with Gasteiger partial charge < -0.3 is 14.5 Å². The molecule has 38 heavy (non-hydrogen) atoms. The number of hydrogen-bond donors (Lipinski definition) is 0. The first kappa shape index (κ1) is 22.2. The third-order valence-electron chi connectivity index (χ3n) is 7.02. The van der Waals surface area contributed by atoms with Crippen LogP contribution in [0.15, 0.2) is 128 Å². The highest BCUT2D eigenvalue weighted by atomic mass is 16.5. The number of aromatic nitrogens is 2. The Balaban J connectivity index is 1.21. The zero-order valence-corrected chi connectivity index (χ0v) is 21.0. The van der Waals surface area contributed by atoms with E-state index >= 15 is 0 Å². The van der Waals surface area contributed by atoms with Gasteiger partial charge in [-0.15, -0.1) is 0 Å². The van der Waals surface area contributed by atoms with Crippen molar-refractivity contribution < 1.29 is 4.74 Å². The Bertz CT molecular complexity index is 1750. The third kappa shape index (κ3) is 3.85. The first-order chi connectivity index (χ1) is 18.7. The summed E-state index contributed by atoms with van der Waals surface area (Å²) in [5.74, 6) is 2.71. The SMILES string of the molecule is CN1CN(c2cccc(Oc3cccc(-c4ccccn4)c3)c2)C=C1n1c2ccccc2c2ccccc21. The number of nitrogens with zero attached hydrogens (tertiary/aromatic N) is 4. The summed E-state index contributed by atoms with van der Waals surface area (Å²) in [5.41, 5.74) is 5.44. The largest absolute Gasteiger partial charge is 0.457 e. The van der Waals surface area contributed by atoms with Gasteiger partial charge in [-0.05, 0) is 48.5 Å². The number of ether oxygens (including phenoxy) is 1. The molecule has 0 saturated carbocycles. The van der Waals surface area contributed by atoms with Gasteiger partial charge in [-0.2, -0.15) is 0 Å². The molecule has 4 aromatic carbocycles. The van der Waals surface area contributed by atoms with Gasteiger partial charge in [0.05, 0.1) is 23.4 Å². The minimum absolute atomic E-state index is 0.745. The van der Waals surface area contributed by atoms with E-state index in [2.05, 4.69) is 93.3 Å². The molecule has 0 unspecified atom stereocenters. The summed E-state index contributed by atoms with van der Waals surface area (Å²) < 4.78 is 8.64. The maximum Gasteiger partial charge on any atom is 0.131 e. The van der Waals surface area contributed by atoms with Crippen molar-refractivity contribution in [2.24, 2.45) is 0 Å². The van der Waals surface area contributed by atoms with Crippen LogP contribution >= 0.6 is 0 Å². The minimum Gasteiger partial charge on any atom is -0.457 e. The second kappa shape index (κ2) is 9.12. The standard InChI is InChI=1S/C33H26N4O/c1-35-23-36(22-33(35)37-31-17-4-2-14-28(31)29-15-3-5-18-32(29)37)25-11-9-13-27(21-25)38-26-12-8-10-24(20-26)30-16-6-7-19-34-30/h2-22H,23H2,1H3. The molecule has 1 aliphatic heterocycles. The van der Waals surface area contributed by atoms with Gasteiger partial charge in [-0.25, -0.2) is 0 Å². The van der Waals surface area contributed by atoms with Gasteiger partial charge >= 0.3 is 0 Å². The van der Waals surface area contributed by atoms with Crippen molar-refractivity contribution in [3.8, 4) is 22.8 Å². The summed E-state index contributed by atoms with van der Waals surface area (Å²) in [6.45, 7) is 0.745. The van der Waals surface area contributed by atoms with Gasteiger partial charge in [0.1, 0.15) is 17.3 Å². The average molecular weight is 495 g/mol. The number of benzene rings is 4. The summed E-state index contributed by atoms with van der Waals surface area (Å²) in [7, 11) is 2.14. The number of hydrogen-bond acceptors (Lipinski definition) is 4. The fourth-order valence-electron chi connectivity index (χ4n) is 5.25. The first-order valence-corrected chi connectivity index (χ1v) is 12.7. The van der Waals surface area contributed by atoms with Gasteiger partial charge in [0.25, 0.3) is 0 Å². The van der Waals surface area contributed by atoms with Gasteiger partial charge in [-0.1, -0.05) is 60.7 Å². The molecule has 7 rings (SSSR count). The molecule has 0 aliphatic carbocycles. The summed E-state index contributed by atoms with van der Waals surface area (Å²) in [6, 6.07) is 39.4. The van der Waals surface area contributed by atoms with Crippen LogP contribution in [0.4, 0.5) is 5.69 Å². The van der Waals surface area contributed by atoms with Crippen molar-refractivity contribution in [1.82, 2.24) is 14.5 Å². The highest BCUT2D eigenvalue weighted by Crippen LogP contribution is 2.36. The van der Waals surface area contributed by atoms with Crippen LogP contribution in [0.25, 0.3) is 38.9 Å². The molecule has 0 spiro atoms. The molecule has 0 N–H and O–H groups in total. The van der Waals surface area contributed by atoms with Crippen LogP contribution in [0, 0.1) is 0 Å². The number of fused-ring (bicyclic) bond motifs is 3. The molecular weight excluding hydrogens is 468 g/mol. The van der Waals surface area contributed by atoms with E-state index in [0.717, 1.165) is 40.9 Å². The van der Waals surface area contributed by atoms with E-state index in [0.29, 0.717) is 0 Å². The molecule has 0 atom stereocenters. The molecule has 6 aromatic rings. The molecule has 184 valence electrons. The molecule has 5 heteroatoms. The van der Waals surface area contributed by atoms with Crippen LogP contribution in [0.1, 0.15) is 0 Å². The number of para-hydroxylation sites is 2. The topological polar surface area (TPSA) is 33.5 Å². The van der Waals surface area contributed by atoms with Gasteiger partial charge in [0, 0.05) is 47.5 Å². The Morgan fingerprint density at radius 3 is 2.11 bits per heavy atom. The molecule has 0 fully saturated rings. The van der Waals surface area contributed by atoms with Crippen molar-refractivity contribution in [3.63, 3.8) is 0 Å². The Labute approximate surface area is 221 Å². The van der Waals surface area contributed by atoms with E-state index in [-0.39, 0.29) is 0 Å². The highest BCUT2D eigenvalue weighted by molar-refractivity contribution is 6.10. The van der Waals surface area contributed by atoms with Crippen LogP contribution in [-0.4, -0.2) is 28.2 Å². The molecule has 1 aliphatic rings. The van der Waals surface area contributed by atoms with Crippen molar-refractivity contribution in [2.75, 3.05) is 18.6 Å². The first-order valence-electron chi connectivity index (χ1n) is 12.7. The molecule has 0 radical (unpaired) electrons. The Kier molecular flexibility index (Phi) is 5.33. The Morgan fingerprint density at radius 2 is 1.37 bits per heavy atom. The number of pyridine rings is 1. The zero-order valence-electron chi connectivity index (χ0n) is 21.0. The molecule has 3 heterocycles. The quantitative estimate of drug-likeness (QED) is 0.245. The Hall–Kier alpha value is -5.03. The fourth-order valence-corrected chi connectivity index (χ4v) is 5.25. The van der Waals surface area contributed by atoms with Gasteiger partial charge in [0.15, 0.2) is 0 Å². The predicted molar refractivity (Wildman–Crippen MR) is 155 cm³/mol. The monoisotopic (exact) mass is 494 g/mol. The summed E-state index contributed by atoms with van der Waals surface area (Å²) in [5, 5.41) is 2.53. The Morgan fingerprint density at radius 1 is 0.684 bits per heavy atom. The van der Waals surface area contributed by atoms with Gasteiger partial charge in [0.2, 0.25) is 0 Å². The van der Waals surface area contributed by atoms with Crippen LogP contribution < -0.4 is 9.64 Å². The molecule has 5 nitrogen and oxygen atoms in total. The van der Waals surface area contributed by atoms with E-state index in [4.69, 9.17) is 4.74 Å². The van der Waals surface area contributed by atoms with Crippen molar-refractivity contribution in [2.45, 2.75) is 0 Å². The van der Waals surface area contributed by atoms with Crippen LogP contribution in [-0.2, 0) is 0 Å². The summed E-state index contributed by atoms with van der Waals surface area (Å²) in [6.07, 6.45) is 4.03. The molecule has 0 bridgehead atoms. The predicted octanol–water partition coefficient (Wildman–Crippen LogP) is 7.81. The smallest absolute Gasteiger partial charge is 0.131 e. The van der Waals surface area contributed by atoms with Crippen LogP contribution in [0.2, 0.25) is 0 Å². The van der Waals surface area contributed by atoms with Crippen LogP contribution in [0.3, 0.4) is 0 Å². The number of rotatable bonds is 5. The molecule has 2 aromatic heterocycles. The van der Waals surface area contributed by atoms with E-state index < -0.39 is 0 Å². The van der Waals surface area contributed by atoms with Crippen molar-refractivity contribution in [1.29, 1.82) is 0 Å². The lowest BCUT2D eigenvalue weighted by atomic mass is 10.1.